The first-order chi connectivity index (χ1) is 7.81. The van der Waals surface area contributed by atoms with Crippen LogP contribution in [0.2, 0.25) is 0 Å². The fourth-order valence-corrected chi connectivity index (χ4v) is 1.20. The molecule has 0 aliphatic heterocycles. The molecule has 16 heavy (non-hydrogen) atoms. The zero-order valence-corrected chi connectivity index (χ0v) is 9.10. The number of hydrogen-bond acceptors (Lipinski definition) is 4. The summed E-state index contributed by atoms with van der Waals surface area (Å²) in [6, 6.07) is 4.03. The minimum absolute atomic E-state index is 0.407. The van der Waals surface area contributed by atoms with E-state index in [0.29, 0.717) is 17.9 Å². The second kappa shape index (κ2) is 4.80. The number of methoxy groups -OCH3 is 1. The molecule has 6 heteroatoms. The molecule has 0 radical (unpaired) electrons. The second-order valence-corrected chi connectivity index (χ2v) is 3.57. The van der Waals surface area contributed by atoms with E-state index in [9.17, 15) is 0 Å². The highest BCUT2D eigenvalue weighted by Crippen LogP contribution is 2.23. The van der Waals surface area contributed by atoms with Gasteiger partial charge in [-0.25, -0.2) is 15.8 Å². The van der Waals surface area contributed by atoms with E-state index >= 15 is 0 Å². The Bertz CT molecular complexity index is 371. The van der Waals surface area contributed by atoms with Gasteiger partial charge in [-0.3, -0.25) is 5.43 Å². The van der Waals surface area contributed by atoms with Crippen LogP contribution in [-0.2, 0) is 0 Å². The molecule has 0 bridgehead atoms. The number of ether oxygens (including phenoxy) is 1. The van der Waals surface area contributed by atoms with Gasteiger partial charge < -0.3 is 10.1 Å². The number of aromatic nitrogens is 1. The van der Waals surface area contributed by atoms with Crippen molar-refractivity contribution in [1.82, 2.24) is 10.4 Å². The van der Waals surface area contributed by atoms with Crippen LogP contribution in [0.15, 0.2) is 23.3 Å². The SMILES string of the molecule is COc1ccc(NC(=NC2CC2)NN)cn1. The van der Waals surface area contributed by atoms with E-state index < -0.39 is 0 Å². The van der Waals surface area contributed by atoms with Crippen molar-refractivity contribution in [2.75, 3.05) is 12.4 Å². The summed E-state index contributed by atoms with van der Waals surface area (Å²) in [6.45, 7) is 0. The summed E-state index contributed by atoms with van der Waals surface area (Å²) >= 11 is 0. The maximum Gasteiger partial charge on any atom is 0.213 e. The lowest BCUT2D eigenvalue weighted by atomic mass is 10.4. The highest BCUT2D eigenvalue weighted by atomic mass is 16.5. The minimum atomic E-state index is 0.407. The Morgan fingerprint density at radius 3 is 2.88 bits per heavy atom. The first-order valence-corrected chi connectivity index (χ1v) is 5.13. The highest BCUT2D eigenvalue weighted by molar-refractivity contribution is 5.93. The quantitative estimate of drug-likeness (QED) is 0.299. The molecule has 1 saturated carbocycles. The molecule has 1 fully saturated rings. The number of guanidine groups is 1. The van der Waals surface area contributed by atoms with Crippen molar-refractivity contribution in [1.29, 1.82) is 0 Å². The third-order valence-corrected chi connectivity index (χ3v) is 2.20. The molecule has 2 rings (SSSR count). The van der Waals surface area contributed by atoms with Crippen molar-refractivity contribution in [2.24, 2.45) is 10.8 Å². The van der Waals surface area contributed by atoms with Crippen LogP contribution >= 0.6 is 0 Å². The number of hydrazine groups is 1. The zero-order chi connectivity index (χ0) is 11.4. The molecular weight excluding hydrogens is 206 g/mol. The molecule has 0 atom stereocenters. The van der Waals surface area contributed by atoms with Crippen molar-refractivity contribution in [3.05, 3.63) is 18.3 Å². The van der Waals surface area contributed by atoms with Crippen LogP contribution in [0.1, 0.15) is 12.8 Å². The molecule has 1 heterocycles. The second-order valence-electron chi connectivity index (χ2n) is 3.57. The summed E-state index contributed by atoms with van der Waals surface area (Å²) < 4.78 is 4.97. The maximum absolute atomic E-state index is 5.36. The van der Waals surface area contributed by atoms with Gasteiger partial charge in [-0.05, 0) is 18.9 Å². The third kappa shape index (κ3) is 2.83. The predicted molar refractivity (Wildman–Crippen MR) is 62.2 cm³/mol. The maximum atomic E-state index is 5.36. The predicted octanol–water partition coefficient (Wildman–Crippen LogP) is 0.484. The van der Waals surface area contributed by atoms with Crippen LogP contribution in [0.5, 0.6) is 5.88 Å². The average molecular weight is 221 g/mol. The van der Waals surface area contributed by atoms with Gasteiger partial charge in [-0.1, -0.05) is 0 Å². The van der Waals surface area contributed by atoms with Gasteiger partial charge >= 0.3 is 0 Å². The van der Waals surface area contributed by atoms with E-state index in [2.05, 4.69) is 20.7 Å². The lowest BCUT2D eigenvalue weighted by Gasteiger charge is -2.08. The number of anilines is 1. The van der Waals surface area contributed by atoms with Crippen LogP contribution in [0.25, 0.3) is 0 Å². The van der Waals surface area contributed by atoms with Gasteiger partial charge in [0.05, 0.1) is 25.0 Å². The fourth-order valence-electron chi connectivity index (χ4n) is 1.20. The smallest absolute Gasteiger partial charge is 0.213 e. The van der Waals surface area contributed by atoms with Crippen molar-refractivity contribution >= 4 is 11.6 Å². The van der Waals surface area contributed by atoms with Crippen molar-refractivity contribution in [3.63, 3.8) is 0 Å². The number of pyridine rings is 1. The number of rotatable bonds is 3. The lowest BCUT2D eigenvalue weighted by Crippen LogP contribution is -2.36. The van der Waals surface area contributed by atoms with E-state index in [-0.39, 0.29) is 0 Å². The van der Waals surface area contributed by atoms with Gasteiger partial charge in [-0.15, -0.1) is 0 Å². The van der Waals surface area contributed by atoms with Crippen molar-refractivity contribution in [3.8, 4) is 5.88 Å². The van der Waals surface area contributed by atoms with Crippen LogP contribution in [0, 0.1) is 0 Å². The Morgan fingerprint density at radius 1 is 1.56 bits per heavy atom. The first kappa shape index (κ1) is 10.7. The van der Waals surface area contributed by atoms with Gasteiger partial charge in [0.1, 0.15) is 0 Å². The van der Waals surface area contributed by atoms with Crippen LogP contribution < -0.4 is 21.3 Å². The van der Waals surface area contributed by atoms with Gasteiger partial charge in [0, 0.05) is 6.07 Å². The Hall–Kier alpha value is -1.82. The van der Waals surface area contributed by atoms with Gasteiger partial charge in [-0.2, -0.15) is 0 Å². The third-order valence-electron chi connectivity index (χ3n) is 2.20. The van der Waals surface area contributed by atoms with Crippen LogP contribution in [0.3, 0.4) is 0 Å². The number of nitrogens with one attached hydrogen (secondary N) is 2. The summed E-state index contributed by atoms with van der Waals surface area (Å²) in [7, 11) is 1.58. The fraction of sp³-hybridized carbons (Fsp3) is 0.400. The summed E-state index contributed by atoms with van der Waals surface area (Å²) in [4.78, 5) is 8.43. The largest absolute Gasteiger partial charge is 0.481 e. The summed E-state index contributed by atoms with van der Waals surface area (Å²) in [6.07, 6.45) is 3.93. The number of nitrogens with zero attached hydrogens (tertiary/aromatic N) is 2. The summed E-state index contributed by atoms with van der Waals surface area (Å²) in [5.74, 6) is 6.50. The van der Waals surface area contributed by atoms with E-state index in [0.717, 1.165) is 18.5 Å². The molecule has 6 nitrogen and oxygen atoms in total. The zero-order valence-electron chi connectivity index (χ0n) is 9.10. The van der Waals surface area contributed by atoms with Crippen molar-refractivity contribution < 1.29 is 4.74 Å². The van der Waals surface area contributed by atoms with Gasteiger partial charge in [0.25, 0.3) is 0 Å². The molecule has 1 aromatic heterocycles. The Kier molecular flexibility index (Phi) is 3.21. The average Bonchev–Trinajstić information content (AvgIpc) is 3.13. The molecule has 1 aliphatic carbocycles. The van der Waals surface area contributed by atoms with Gasteiger partial charge in [0.2, 0.25) is 11.8 Å². The van der Waals surface area contributed by atoms with Gasteiger partial charge in [0.15, 0.2) is 0 Å². The summed E-state index contributed by atoms with van der Waals surface area (Å²) in [5, 5.41) is 3.05. The molecule has 0 amide bonds. The highest BCUT2D eigenvalue weighted by Gasteiger charge is 2.20. The van der Waals surface area contributed by atoms with Crippen LogP contribution in [0.4, 0.5) is 5.69 Å². The molecular formula is C10H15N5O. The number of nitrogens with two attached hydrogens (primary N) is 1. The molecule has 1 aliphatic rings. The van der Waals surface area contributed by atoms with E-state index in [4.69, 9.17) is 10.6 Å². The monoisotopic (exact) mass is 221 g/mol. The molecule has 0 unspecified atom stereocenters. The van der Waals surface area contributed by atoms with Crippen molar-refractivity contribution in [2.45, 2.75) is 18.9 Å². The molecule has 1 aromatic rings. The van der Waals surface area contributed by atoms with E-state index in [1.54, 1.807) is 19.4 Å². The van der Waals surface area contributed by atoms with Crippen LogP contribution in [-0.4, -0.2) is 24.1 Å². The van der Waals surface area contributed by atoms with E-state index in [1.165, 1.54) is 0 Å². The molecule has 86 valence electrons. The Labute approximate surface area is 93.9 Å². The first-order valence-electron chi connectivity index (χ1n) is 5.13. The standard InChI is InChI=1S/C10H15N5O/c1-16-9-5-4-8(6-12-9)14-10(15-11)13-7-2-3-7/h4-7H,2-3,11H2,1H3,(H2,13,14,15). The Balaban J connectivity index is 2.00. The number of hydrogen-bond donors (Lipinski definition) is 3. The lowest BCUT2D eigenvalue weighted by molar-refractivity contribution is 0.398. The number of aliphatic imine (C=N–C) groups is 1. The Morgan fingerprint density at radius 2 is 2.38 bits per heavy atom. The molecule has 0 saturated heterocycles. The molecule has 0 aromatic carbocycles. The topological polar surface area (TPSA) is 84.6 Å². The normalized spacial score (nSPS) is 15.8. The molecule has 4 N–H and O–H groups in total. The van der Waals surface area contributed by atoms with E-state index in [1.807, 2.05) is 6.07 Å². The summed E-state index contributed by atoms with van der Waals surface area (Å²) in [5.41, 5.74) is 3.35. The minimum Gasteiger partial charge on any atom is -0.481 e. The molecule has 0 spiro atoms.